The lowest BCUT2D eigenvalue weighted by molar-refractivity contribution is 0.436. The number of aromatic nitrogens is 2. The van der Waals surface area contributed by atoms with Gasteiger partial charge in [0.2, 0.25) is 0 Å². The van der Waals surface area contributed by atoms with Gasteiger partial charge in [-0.3, -0.25) is 0 Å². The van der Waals surface area contributed by atoms with E-state index in [9.17, 15) is 0 Å². The summed E-state index contributed by atoms with van der Waals surface area (Å²) < 4.78 is 8.99. The van der Waals surface area contributed by atoms with Gasteiger partial charge < -0.3 is 4.74 Å². The lowest BCUT2D eigenvalue weighted by atomic mass is 9.65. The first-order valence-corrected chi connectivity index (χ1v) is 20.9. The van der Waals surface area contributed by atoms with E-state index in [-0.39, 0.29) is 0 Å². The number of hydrogen-bond donors (Lipinski definition) is 0. The molecule has 3 heterocycles. The van der Waals surface area contributed by atoms with Gasteiger partial charge in [-0.1, -0.05) is 158 Å². The molecule has 0 N–H and O–H groups in total. The minimum Gasteiger partial charge on any atom is -0.457 e. The smallest absolute Gasteiger partial charge is 0.161 e. The van der Waals surface area contributed by atoms with Crippen LogP contribution in [0, 0.1) is 0 Å². The molecule has 3 nitrogen and oxygen atoms in total. The maximum atomic E-state index is 6.70. The summed E-state index contributed by atoms with van der Waals surface area (Å²) in [5.74, 6) is 2.50. The average Bonchev–Trinajstić information content (AvgIpc) is 3.81. The van der Waals surface area contributed by atoms with E-state index < -0.39 is 5.41 Å². The molecule has 1 aliphatic heterocycles. The summed E-state index contributed by atoms with van der Waals surface area (Å²) >= 11 is 1.77. The van der Waals surface area contributed by atoms with Gasteiger partial charge >= 0.3 is 0 Å². The van der Waals surface area contributed by atoms with Gasteiger partial charge in [-0.2, -0.15) is 0 Å². The van der Waals surface area contributed by atoms with Crippen LogP contribution >= 0.6 is 11.3 Å². The highest BCUT2D eigenvalue weighted by molar-refractivity contribution is 7.26. The first-order chi connectivity index (χ1) is 29.2. The predicted molar refractivity (Wildman–Crippen MR) is 244 cm³/mol. The molecule has 2 aliphatic rings. The third kappa shape index (κ3) is 4.58. The van der Waals surface area contributed by atoms with Crippen molar-refractivity contribution in [1.82, 2.24) is 9.97 Å². The van der Waals surface area contributed by atoms with Crippen molar-refractivity contribution < 1.29 is 4.74 Å². The molecule has 2 aromatic heterocycles. The normalized spacial score (nSPS) is 13.4. The molecule has 4 heteroatoms. The molecule has 1 spiro atoms. The molecule has 0 radical (unpaired) electrons. The van der Waals surface area contributed by atoms with Crippen molar-refractivity contribution in [2.24, 2.45) is 0 Å². The lowest BCUT2D eigenvalue weighted by Gasteiger charge is -2.39. The fraction of sp³-hybridized carbons (Fsp3) is 0.0182. The van der Waals surface area contributed by atoms with E-state index in [2.05, 4.69) is 194 Å². The SMILES string of the molecule is c1ccc2c(c1)Oc1ccccc1C21c2cc(-c3ccccc3-c3nc(-c4cccc5ccccc45)nc4c3sc3ccccc34)ccc2-c2cc3ccccc3cc21. The number of nitrogens with zero attached hydrogens (tertiary/aromatic N) is 2. The molecule has 11 aromatic rings. The third-order valence-corrected chi connectivity index (χ3v) is 13.7. The van der Waals surface area contributed by atoms with Gasteiger partial charge in [0.25, 0.3) is 0 Å². The second-order valence-electron chi connectivity index (χ2n) is 15.6. The van der Waals surface area contributed by atoms with Crippen LogP contribution in [0.5, 0.6) is 11.5 Å². The zero-order chi connectivity index (χ0) is 38.7. The highest BCUT2D eigenvalue weighted by Crippen LogP contribution is 2.63. The van der Waals surface area contributed by atoms with Crippen LogP contribution in [0.3, 0.4) is 0 Å². The number of benzene rings is 9. The van der Waals surface area contributed by atoms with Crippen molar-refractivity contribution >= 4 is 53.2 Å². The Labute approximate surface area is 344 Å². The Morgan fingerprint density at radius 3 is 1.83 bits per heavy atom. The number of hydrogen-bond acceptors (Lipinski definition) is 4. The van der Waals surface area contributed by atoms with Gasteiger partial charge in [0.05, 0.1) is 21.3 Å². The van der Waals surface area contributed by atoms with Crippen LogP contribution in [0.4, 0.5) is 0 Å². The molecule has 0 amide bonds. The highest BCUT2D eigenvalue weighted by atomic mass is 32.1. The summed E-state index contributed by atoms with van der Waals surface area (Å²) in [7, 11) is 0. The number of thiophene rings is 1. The highest BCUT2D eigenvalue weighted by Gasteiger charge is 2.51. The number of ether oxygens (including phenoxy) is 1. The monoisotopic (exact) mass is 768 g/mol. The molecular weight excluding hydrogens is 737 g/mol. The van der Waals surface area contributed by atoms with Crippen molar-refractivity contribution in [3.05, 3.63) is 216 Å². The van der Waals surface area contributed by atoms with Gasteiger partial charge in [-0.15, -0.1) is 11.3 Å². The first-order valence-electron chi connectivity index (χ1n) is 20.1. The second kappa shape index (κ2) is 12.3. The van der Waals surface area contributed by atoms with Crippen molar-refractivity contribution in [1.29, 1.82) is 0 Å². The fourth-order valence-electron chi connectivity index (χ4n) is 10.0. The Morgan fingerprint density at radius 2 is 1.02 bits per heavy atom. The van der Waals surface area contributed by atoms with Crippen molar-refractivity contribution in [3.8, 4) is 56.4 Å². The molecule has 0 unspecified atom stereocenters. The lowest BCUT2D eigenvalue weighted by Crippen LogP contribution is -2.32. The molecule has 0 fully saturated rings. The molecule has 0 bridgehead atoms. The summed E-state index contributed by atoms with van der Waals surface area (Å²) in [6, 6.07) is 70.1. The van der Waals surface area contributed by atoms with E-state index in [0.29, 0.717) is 0 Å². The number of rotatable bonds is 3. The largest absolute Gasteiger partial charge is 0.457 e. The van der Waals surface area contributed by atoms with Crippen molar-refractivity contribution in [3.63, 3.8) is 0 Å². The minimum atomic E-state index is -0.597. The molecule has 1 aliphatic carbocycles. The molecule has 13 rings (SSSR count). The topological polar surface area (TPSA) is 35.0 Å². The Morgan fingerprint density at radius 1 is 0.407 bits per heavy atom. The Kier molecular flexibility index (Phi) is 6.81. The van der Waals surface area contributed by atoms with Gasteiger partial charge in [-0.05, 0) is 91.3 Å². The molecule has 0 saturated heterocycles. The summed E-state index contributed by atoms with van der Waals surface area (Å²) in [5, 5.41) is 5.92. The van der Waals surface area contributed by atoms with Crippen LogP contribution in [0.1, 0.15) is 22.3 Å². The Hall–Kier alpha value is -7.40. The quantitative estimate of drug-likeness (QED) is 0.180. The van der Waals surface area contributed by atoms with Gasteiger partial charge in [-0.25, -0.2) is 9.97 Å². The van der Waals surface area contributed by atoms with E-state index in [4.69, 9.17) is 14.7 Å². The zero-order valence-electron chi connectivity index (χ0n) is 31.7. The van der Waals surface area contributed by atoms with E-state index in [0.717, 1.165) is 77.4 Å². The first kappa shape index (κ1) is 32.7. The Balaban J connectivity index is 1.10. The molecule has 274 valence electrons. The van der Waals surface area contributed by atoms with Gasteiger partial charge in [0.15, 0.2) is 5.82 Å². The van der Waals surface area contributed by atoms with E-state index in [1.807, 2.05) is 0 Å². The number of fused-ring (bicyclic) bond motifs is 14. The summed E-state index contributed by atoms with van der Waals surface area (Å²) in [4.78, 5) is 10.9. The van der Waals surface area contributed by atoms with E-state index >= 15 is 0 Å². The molecule has 9 aromatic carbocycles. The molecule has 0 atom stereocenters. The standard InChI is InChI=1S/C55H32N2OS/c1-2-16-35-31-47-43(30-34(35)15-1)39-29-28-36(32-46(39)55(47)44-23-8-10-25-48(44)58-49-26-11-9-24-45(49)55)38-19-5-6-20-40(38)51-53-52(42-21-7-12-27-50(42)59-53)57-54(56-51)41-22-13-17-33-14-3-4-18-37(33)41/h1-32H. The van der Waals surface area contributed by atoms with Crippen LogP contribution in [0.25, 0.3) is 86.7 Å². The third-order valence-electron chi connectivity index (χ3n) is 12.5. The summed E-state index contributed by atoms with van der Waals surface area (Å²) in [5.41, 5.74) is 13.0. The van der Waals surface area contributed by atoms with E-state index in [1.54, 1.807) is 11.3 Å². The maximum Gasteiger partial charge on any atom is 0.161 e. The van der Waals surface area contributed by atoms with Crippen LogP contribution < -0.4 is 4.74 Å². The minimum absolute atomic E-state index is 0.597. The summed E-state index contributed by atoms with van der Waals surface area (Å²) in [6.07, 6.45) is 0. The van der Waals surface area contributed by atoms with Crippen molar-refractivity contribution in [2.45, 2.75) is 5.41 Å². The van der Waals surface area contributed by atoms with E-state index in [1.165, 1.54) is 43.1 Å². The molecule has 59 heavy (non-hydrogen) atoms. The van der Waals surface area contributed by atoms with Crippen LogP contribution in [-0.4, -0.2) is 9.97 Å². The Bertz CT molecular complexity index is 3510. The zero-order valence-corrected chi connectivity index (χ0v) is 32.5. The van der Waals surface area contributed by atoms with Crippen LogP contribution in [0.2, 0.25) is 0 Å². The average molecular weight is 769 g/mol. The van der Waals surface area contributed by atoms with Crippen LogP contribution in [-0.2, 0) is 5.41 Å². The van der Waals surface area contributed by atoms with Gasteiger partial charge in [0, 0.05) is 32.3 Å². The predicted octanol–water partition coefficient (Wildman–Crippen LogP) is 14.6. The van der Waals surface area contributed by atoms with Gasteiger partial charge in [0.1, 0.15) is 11.5 Å². The van der Waals surface area contributed by atoms with Crippen molar-refractivity contribution in [2.75, 3.05) is 0 Å². The molecular formula is C55H32N2OS. The summed E-state index contributed by atoms with van der Waals surface area (Å²) in [6.45, 7) is 0. The van der Waals surface area contributed by atoms with Crippen LogP contribution in [0.15, 0.2) is 194 Å². The maximum absolute atomic E-state index is 6.70. The second-order valence-corrected chi connectivity index (χ2v) is 16.6. The number of para-hydroxylation sites is 2. The fourth-order valence-corrected chi connectivity index (χ4v) is 11.2. The molecule has 0 saturated carbocycles.